The van der Waals surface area contributed by atoms with Crippen LogP contribution in [0, 0.1) is 0 Å². The van der Waals surface area contributed by atoms with Gasteiger partial charge >= 0.3 is 6.61 Å². The molecule has 1 aromatic heterocycles. The lowest BCUT2D eigenvalue weighted by Gasteiger charge is -2.06. The molecule has 3 N–H and O–H groups in total. The number of halogens is 2. The van der Waals surface area contributed by atoms with Crippen molar-refractivity contribution >= 4 is 16.7 Å². The number of imidazole rings is 1. The quantitative estimate of drug-likeness (QED) is 0.724. The Hall–Kier alpha value is -1.85. The summed E-state index contributed by atoms with van der Waals surface area (Å²) in [7, 11) is 0. The van der Waals surface area contributed by atoms with Crippen LogP contribution in [-0.4, -0.2) is 16.6 Å². The molecule has 1 aromatic carbocycles. The number of nitrogens with two attached hydrogens (primary N) is 1. The first-order valence-electron chi connectivity index (χ1n) is 3.84. The number of aromatic nitrogens is 2. The van der Waals surface area contributed by atoms with Gasteiger partial charge in [0.05, 0.1) is 23.0 Å². The van der Waals surface area contributed by atoms with E-state index < -0.39 is 6.61 Å². The van der Waals surface area contributed by atoms with Crippen molar-refractivity contribution in [3.63, 3.8) is 0 Å². The van der Waals surface area contributed by atoms with E-state index in [2.05, 4.69) is 14.7 Å². The fraction of sp³-hybridized carbons (Fsp3) is 0.125. The maximum atomic E-state index is 11.9. The summed E-state index contributed by atoms with van der Waals surface area (Å²) in [6, 6.07) is 2.87. The Morgan fingerprint density at radius 2 is 2.21 bits per heavy atom. The van der Waals surface area contributed by atoms with Crippen LogP contribution < -0.4 is 10.5 Å². The molecule has 0 aliphatic carbocycles. The highest BCUT2D eigenvalue weighted by Gasteiger charge is 2.09. The van der Waals surface area contributed by atoms with E-state index in [0.29, 0.717) is 11.0 Å². The van der Waals surface area contributed by atoms with Crippen LogP contribution in [0.1, 0.15) is 0 Å². The van der Waals surface area contributed by atoms with Crippen LogP contribution in [0.15, 0.2) is 18.5 Å². The third kappa shape index (κ3) is 1.46. The first kappa shape index (κ1) is 8.74. The average molecular weight is 199 g/mol. The number of hydrogen-bond donors (Lipinski definition) is 2. The fourth-order valence-corrected chi connectivity index (χ4v) is 1.18. The molecule has 4 nitrogen and oxygen atoms in total. The van der Waals surface area contributed by atoms with Crippen LogP contribution in [0.3, 0.4) is 0 Å². The van der Waals surface area contributed by atoms with E-state index in [9.17, 15) is 8.78 Å². The number of nitrogens with one attached hydrogen (secondary N) is 1. The first-order valence-corrected chi connectivity index (χ1v) is 3.84. The molecule has 74 valence electrons. The smallest absolute Gasteiger partial charge is 0.387 e. The van der Waals surface area contributed by atoms with Gasteiger partial charge in [-0.3, -0.25) is 0 Å². The second kappa shape index (κ2) is 3.13. The number of nitrogens with zero attached hydrogens (tertiary/aromatic N) is 1. The molecule has 0 bridgehead atoms. The minimum atomic E-state index is -2.88. The van der Waals surface area contributed by atoms with Gasteiger partial charge in [0.25, 0.3) is 0 Å². The van der Waals surface area contributed by atoms with Gasteiger partial charge < -0.3 is 15.5 Å². The van der Waals surface area contributed by atoms with Crippen LogP contribution in [0.2, 0.25) is 0 Å². The van der Waals surface area contributed by atoms with E-state index in [-0.39, 0.29) is 11.4 Å². The number of alkyl halides is 2. The number of benzene rings is 1. The molecule has 1 heterocycles. The maximum absolute atomic E-state index is 11.9. The lowest BCUT2D eigenvalue weighted by molar-refractivity contribution is -0.0492. The Balaban J connectivity index is 2.48. The summed E-state index contributed by atoms with van der Waals surface area (Å²) >= 11 is 0. The summed E-state index contributed by atoms with van der Waals surface area (Å²) in [5, 5.41) is 0. The first-order chi connectivity index (χ1) is 6.66. The maximum Gasteiger partial charge on any atom is 0.387 e. The molecule has 0 fully saturated rings. The topological polar surface area (TPSA) is 63.9 Å². The van der Waals surface area contributed by atoms with Crippen molar-refractivity contribution in [1.29, 1.82) is 0 Å². The minimum Gasteiger partial charge on any atom is -0.433 e. The summed E-state index contributed by atoms with van der Waals surface area (Å²) in [6.07, 6.45) is 1.45. The Morgan fingerprint density at radius 1 is 1.43 bits per heavy atom. The number of rotatable bonds is 2. The lowest BCUT2D eigenvalue weighted by Crippen LogP contribution is -2.04. The molecule has 0 unspecified atom stereocenters. The highest BCUT2D eigenvalue weighted by atomic mass is 19.3. The van der Waals surface area contributed by atoms with Crippen LogP contribution >= 0.6 is 0 Å². The summed E-state index contributed by atoms with van der Waals surface area (Å²) in [6.45, 7) is -2.88. The van der Waals surface area contributed by atoms with Crippen molar-refractivity contribution in [3.05, 3.63) is 18.5 Å². The fourth-order valence-electron chi connectivity index (χ4n) is 1.18. The van der Waals surface area contributed by atoms with Gasteiger partial charge in [0.1, 0.15) is 0 Å². The zero-order chi connectivity index (χ0) is 10.1. The van der Waals surface area contributed by atoms with Gasteiger partial charge in [-0.25, -0.2) is 4.98 Å². The summed E-state index contributed by atoms with van der Waals surface area (Å²) in [5.41, 5.74) is 6.86. The standard InChI is InChI=1S/C8H7F2N3O/c9-8(10)14-7-2-6-5(1-4(7)11)12-3-13-6/h1-3,8H,11H2,(H,12,13). The number of nitrogen functional groups attached to an aromatic ring is 1. The van der Waals surface area contributed by atoms with E-state index in [1.54, 1.807) is 0 Å². The molecule has 0 saturated heterocycles. The van der Waals surface area contributed by atoms with Gasteiger partial charge in [-0.2, -0.15) is 8.78 Å². The molecule has 14 heavy (non-hydrogen) atoms. The molecule has 6 heteroatoms. The van der Waals surface area contributed by atoms with Crippen molar-refractivity contribution in [2.75, 3.05) is 5.73 Å². The summed E-state index contributed by atoms with van der Waals surface area (Å²) in [4.78, 5) is 6.70. The second-order valence-electron chi connectivity index (χ2n) is 2.69. The van der Waals surface area contributed by atoms with Crippen molar-refractivity contribution in [2.24, 2.45) is 0 Å². The number of fused-ring (bicyclic) bond motifs is 1. The Labute approximate surface area is 77.7 Å². The highest BCUT2D eigenvalue weighted by molar-refractivity contribution is 5.81. The van der Waals surface area contributed by atoms with E-state index in [1.165, 1.54) is 18.5 Å². The number of anilines is 1. The zero-order valence-corrected chi connectivity index (χ0v) is 7.00. The summed E-state index contributed by atoms with van der Waals surface area (Å²) < 4.78 is 28.1. The van der Waals surface area contributed by atoms with Crippen LogP contribution in [0.5, 0.6) is 5.75 Å². The normalized spacial score (nSPS) is 11.1. The van der Waals surface area contributed by atoms with E-state index in [1.807, 2.05) is 0 Å². The number of hydrogen-bond acceptors (Lipinski definition) is 3. The van der Waals surface area contributed by atoms with E-state index >= 15 is 0 Å². The molecule has 0 spiro atoms. The predicted octanol–water partition coefficient (Wildman–Crippen LogP) is 1.75. The van der Waals surface area contributed by atoms with Gasteiger partial charge in [0.2, 0.25) is 0 Å². The molecular formula is C8H7F2N3O. The average Bonchev–Trinajstić information content (AvgIpc) is 2.51. The van der Waals surface area contributed by atoms with Crippen molar-refractivity contribution < 1.29 is 13.5 Å². The van der Waals surface area contributed by atoms with Crippen LogP contribution in [0.4, 0.5) is 14.5 Å². The van der Waals surface area contributed by atoms with Crippen molar-refractivity contribution in [1.82, 2.24) is 9.97 Å². The van der Waals surface area contributed by atoms with Gasteiger partial charge in [-0.15, -0.1) is 0 Å². The highest BCUT2D eigenvalue weighted by Crippen LogP contribution is 2.27. The molecule has 0 aliphatic heterocycles. The molecule has 0 amide bonds. The molecule has 2 aromatic rings. The van der Waals surface area contributed by atoms with Crippen molar-refractivity contribution in [2.45, 2.75) is 6.61 Å². The number of H-pyrrole nitrogens is 1. The van der Waals surface area contributed by atoms with Crippen molar-refractivity contribution in [3.8, 4) is 5.75 Å². The van der Waals surface area contributed by atoms with Gasteiger partial charge in [0.15, 0.2) is 5.75 Å². The SMILES string of the molecule is Nc1cc2[nH]cnc2cc1OC(F)F. The van der Waals surface area contributed by atoms with Crippen LogP contribution in [0.25, 0.3) is 11.0 Å². The lowest BCUT2D eigenvalue weighted by atomic mass is 10.2. The summed E-state index contributed by atoms with van der Waals surface area (Å²) in [5.74, 6) is -0.0559. The van der Waals surface area contributed by atoms with E-state index in [4.69, 9.17) is 5.73 Å². The number of aromatic amines is 1. The minimum absolute atomic E-state index is 0.0559. The largest absolute Gasteiger partial charge is 0.433 e. The second-order valence-corrected chi connectivity index (χ2v) is 2.69. The predicted molar refractivity (Wildman–Crippen MR) is 47.1 cm³/mol. The molecular weight excluding hydrogens is 192 g/mol. The molecule has 0 atom stereocenters. The van der Waals surface area contributed by atoms with Crippen LogP contribution in [-0.2, 0) is 0 Å². The van der Waals surface area contributed by atoms with Gasteiger partial charge in [0, 0.05) is 6.07 Å². The zero-order valence-electron chi connectivity index (χ0n) is 7.00. The Bertz CT molecular complexity index is 455. The third-order valence-corrected chi connectivity index (χ3v) is 1.77. The monoisotopic (exact) mass is 199 g/mol. The third-order valence-electron chi connectivity index (χ3n) is 1.77. The van der Waals surface area contributed by atoms with E-state index in [0.717, 1.165) is 0 Å². The Kier molecular flexibility index (Phi) is 1.95. The molecule has 0 aliphatic rings. The molecule has 0 radical (unpaired) electrons. The molecule has 2 rings (SSSR count). The van der Waals surface area contributed by atoms with Gasteiger partial charge in [-0.05, 0) is 6.07 Å². The Morgan fingerprint density at radius 3 is 2.93 bits per heavy atom. The molecule has 0 saturated carbocycles. The van der Waals surface area contributed by atoms with Gasteiger partial charge in [-0.1, -0.05) is 0 Å². The number of ether oxygens (including phenoxy) is 1.